The van der Waals surface area contributed by atoms with Crippen LogP contribution in [0.3, 0.4) is 0 Å². The van der Waals surface area contributed by atoms with Gasteiger partial charge in [0.2, 0.25) is 17.7 Å². The lowest BCUT2D eigenvalue weighted by Crippen LogP contribution is -2.30. The number of amides is 2. The van der Waals surface area contributed by atoms with Gasteiger partial charge in [-0.3, -0.25) is 14.5 Å². The first-order valence-electron chi connectivity index (χ1n) is 8.57. The molecule has 0 bridgehead atoms. The molecule has 1 aliphatic heterocycles. The highest BCUT2D eigenvalue weighted by atomic mass is 16.3. The molecule has 0 unspecified atom stereocenters. The number of oxazole rings is 1. The molecule has 2 amide bonds. The fourth-order valence-electron chi connectivity index (χ4n) is 3.74. The number of allylic oxidation sites excluding steroid dienone is 2. The summed E-state index contributed by atoms with van der Waals surface area (Å²) in [5.74, 6) is -0.0667. The maximum absolute atomic E-state index is 12.5. The number of fused-ring (bicyclic) bond motifs is 1. The first-order chi connectivity index (χ1) is 12.0. The predicted molar refractivity (Wildman–Crippen MR) is 92.3 cm³/mol. The normalized spacial score (nSPS) is 22.6. The van der Waals surface area contributed by atoms with Crippen molar-refractivity contribution in [2.24, 2.45) is 11.8 Å². The van der Waals surface area contributed by atoms with Crippen molar-refractivity contribution in [1.82, 2.24) is 9.88 Å². The van der Waals surface area contributed by atoms with Gasteiger partial charge in [0.25, 0.3) is 0 Å². The molecule has 1 aliphatic carbocycles. The minimum absolute atomic E-state index is 0.0876. The van der Waals surface area contributed by atoms with Gasteiger partial charge in [-0.25, -0.2) is 4.98 Å². The van der Waals surface area contributed by atoms with Gasteiger partial charge in [0.15, 0.2) is 0 Å². The smallest absolute Gasteiger partial charge is 0.233 e. The van der Waals surface area contributed by atoms with E-state index < -0.39 is 0 Å². The summed E-state index contributed by atoms with van der Waals surface area (Å²) in [4.78, 5) is 30.9. The van der Waals surface area contributed by atoms with Gasteiger partial charge < -0.3 is 4.42 Å². The Morgan fingerprint density at radius 2 is 1.80 bits per heavy atom. The first kappa shape index (κ1) is 15.8. The summed E-state index contributed by atoms with van der Waals surface area (Å²) >= 11 is 0. The summed E-state index contributed by atoms with van der Waals surface area (Å²) in [6.45, 7) is 4.23. The second-order valence-electron chi connectivity index (χ2n) is 6.88. The van der Waals surface area contributed by atoms with E-state index in [0.717, 1.165) is 11.1 Å². The average molecular weight is 336 g/mol. The Morgan fingerprint density at radius 3 is 2.44 bits per heavy atom. The lowest BCUT2D eigenvalue weighted by atomic mass is 9.85. The monoisotopic (exact) mass is 336 g/mol. The zero-order chi connectivity index (χ0) is 17.6. The van der Waals surface area contributed by atoms with E-state index in [4.69, 9.17) is 4.42 Å². The number of aryl methyl sites for hydroxylation is 2. The minimum Gasteiger partial charge on any atom is -0.444 e. The zero-order valence-electron chi connectivity index (χ0n) is 14.4. The number of imide groups is 1. The Labute approximate surface area is 146 Å². The van der Waals surface area contributed by atoms with Crippen LogP contribution in [0.25, 0.3) is 11.5 Å². The number of carbonyl (C=O) groups is 2. The summed E-state index contributed by atoms with van der Waals surface area (Å²) < 4.78 is 5.60. The standard InChI is InChI=1S/C20H20N2O3/c1-12-7-8-15(13(2)9-12)18-21-14(11-25-18)10-22-19(23)16-5-3-4-6-17(16)20(22)24/h3-4,7-9,11,16-17H,5-6,10H2,1-2H3/t16-,17+. The van der Waals surface area contributed by atoms with Crippen LogP contribution >= 0.6 is 0 Å². The summed E-state index contributed by atoms with van der Waals surface area (Å²) in [7, 11) is 0. The Hall–Kier alpha value is -2.69. The molecule has 5 heteroatoms. The van der Waals surface area contributed by atoms with Crippen molar-refractivity contribution in [2.75, 3.05) is 0 Å². The van der Waals surface area contributed by atoms with Gasteiger partial charge in [-0.2, -0.15) is 0 Å². The molecule has 1 saturated heterocycles. The SMILES string of the molecule is Cc1ccc(-c2nc(CN3C(=O)[C@H]4CC=CC[C@H]4C3=O)co2)c(C)c1. The lowest BCUT2D eigenvalue weighted by molar-refractivity contribution is -0.140. The van der Waals surface area contributed by atoms with E-state index in [1.165, 1.54) is 16.7 Å². The second-order valence-corrected chi connectivity index (χ2v) is 6.88. The first-order valence-corrected chi connectivity index (χ1v) is 8.57. The van der Waals surface area contributed by atoms with E-state index in [0.29, 0.717) is 24.4 Å². The number of rotatable bonds is 3. The minimum atomic E-state index is -0.205. The molecule has 1 aromatic heterocycles. The quantitative estimate of drug-likeness (QED) is 0.636. The van der Waals surface area contributed by atoms with Crippen LogP contribution in [-0.2, 0) is 16.1 Å². The van der Waals surface area contributed by atoms with E-state index in [9.17, 15) is 9.59 Å². The van der Waals surface area contributed by atoms with Gasteiger partial charge in [0.1, 0.15) is 6.26 Å². The van der Waals surface area contributed by atoms with Crippen molar-refractivity contribution in [1.29, 1.82) is 0 Å². The highest BCUT2D eigenvalue weighted by Crippen LogP contribution is 2.36. The topological polar surface area (TPSA) is 63.4 Å². The largest absolute Gasteiger partial charge is 0.444 e. The summed E-state index contributed by atoms with van der Waals surface area (Å²) in [6, 6.07) is 6.06. The maximum atomic E-state index is 12.5. The van der Waals surface area contributed by atoms with Crippen LogP contribution in [0.2, 0.25) is 0 Å². The molecule has 128 valence electrons. The van der Waals surface area contributed by atoms with Crippen LogP contribution in [0, 0.1) is 25.7 Å². The van der Waals surface area contributed by atoms with Gasteiger partial charge in [-0.1, -0.05) is 29.8 Å². The van der Waals surface area contributed by atoms with Crippen molar-refractivity contribution in [3.05, 3.63) is 53.4 Å². The molecule has 0 spiro atoms. The van der Waals surface area contributed by atoms with E-state index >= 15 is 0 Å². The van der Waals surface area contributed by atoms with Gasteiger partial charge in [-0.15, -0.1) is 0 Å². The molecular weight excluding hydrogens is 316 g/mol. The highest BCUT2D eigenvalue weighted by Gasteiger charge is 2.47. The number of hydrogen-bond donors (Lipinski definition) is 0. The van der Waals surface area contributed by atoms with Crippen molar-refractivity contribution >= 4 is 11.8 Å². The van der Waals surface area contributed by atoms with Gasteiger partial charge >= 0.3 is 0 Å². The predicted octanol–water partition coefficient (Wildman–Crippen LogP) is 3.41. The molecule has 2 heterocycles. The van der Waals surface area contributed by atoms with E-state index in [1.54, 1.807) is 0 Å². The van der Waals surface area contributed by atoms with E-state index in [1.807, 2.05) is 38.1 Å². The summed E-state index contributed by atoms with van der Waals surface area (Å²) in [5.41, 5.74) is 3.79. The number of hydrogen-bond acceptors (Lipinski definition) is 4. The van der Waals surface area contributed by atoms with Gasteiger partial charge in [0.05, 0.1) is 24.1 Å². The molecule has 2 aliphatic rings. The number of aromatic nitrogens is 1. The molecule has 2 aromatic rings. The molecule has 2 atom stereocenters. The Bertz CT molecular complexity index is 855. The van der Waals surface area contributed by atoms with Gasteiger partial charge in [0, 0.05) is 5.56 Å². The molecule has 1 aromatic carbocycles. The number of nitrogens with zero attached hydrogens (tertiary/aromatic N) is 2. The molecule has 0 N–H and O–H groups in total. The van der Waals surface area contributed by atoms with Crippen LogP contribution < -0.4 is 0 Å². The number of likely N-dealkylation sites (tertiary alicyclic amines) is 1. The Balaban J connectivity index is 1.55. The van der Waals surface area contributed by atoms with Crippen LogP contribution in [0.15, 0.2) is 41.0 Å². The van der Waals surface area contributed by atoms with E-state index in [-0.39, 0.29) is 30.2 Å². The fourth-order valence-corrected chi connectivity index (χ4v) is 3.74. The molecule has 4 rings (SSSR count). The highest BCUT2D eigenvalue weighted by molar-refractivity contribution is 6.05. The number of benzene rings is 1. The van der Waals surface area contributed by atoms with Crippen molar-refractivity contribution in [3.8, 4) is 11.5 Å². The summed E-state index contributed by atoms with van der Waals surface area (Å²) in [6.07, 6.45) is 6.82. The van der Waals surface area contributed by atoms with Crippen LogP contribution in [0.5, 0.6) is 0 Å². The van der Waals surface area contributed by atoms with Crippen molar-refractivity contribution in [2.45, 2.75) is 33.2 Å². The molecular formula is C20H20N2O3. The van der Waals surface area contributed by atoms with E-state index in [2.05, 4.69) is 11.1 Å². The van der Waals surface area contributed by atoms with Crippen LogP contribution in [-0.4, -0.2) is 21.7 Å². The van der Waals surface area contributed by atoms with Crippen LogP contribution in [0.1, 0.15) is 29.7 Å². The lowest BCUT2D eigenvalue weighted by Gasteiger charge is -2.14. The number of carbonyl (C=O) groups excluding carboxylic acids is 2. The Kier molecular flexibility index (Phi) is 3.79. The zero-order valence-corrected chi connectivity index (χ0v) is 14.4. The molecule has 0 saturated carbocycles. The van der Waals surface area contributed by atoms with Gasteiger partial charge in [-0.05, 0) is 38.3 Å². The third kappa shape index (κ3) is 2.69. The fraction of sp³-hybridized carbons (Fsp3) is 0.350. The molecule has 5 nitrogen and oxygen atoms in total. The molecule has 25 heavy (non-hydrogen) atoms. The Morgan fingerprint density at radius 1 is 1.12 bits per heavy atom. The second kappa shape index (κ2) is 5.99. The molecule has 0 radical (unpaired) electrons. The van der Waals surface area contributed by atoms with Crippen molar-refractivity contribution < 1.29 is 14.0 Å². The maximum Gasteiger partial charge on any atom is 0.233 e. The van der Waals surface area contributed by atoms with Crippen molar-refractivity contribution in [3.63, 3.8) is 0 Å². The van der Waals surface area contributed by atoms with Crippen LogP contribution in [0.4, 0.5) is 0 Å². The average Bonchev–Trinajstić information content (AvgIpc) is 3.15. The summed E-state index contributed by atoms with van der Waals surface area (Å²) in [5, 5.41) is 0. The third-order valence-electron chi connectivity index (χ3n) is 5.08. The molecule has 1 fully saturated rings. The third-order valence-corrected chi connectivity index (χ3v) is 5.08.